The first-order valence-electron chi connectivity index (χ1n) is 4.34. The molecule has 0 radical (unpaired) electrons. The fraction of sp³-hybridized carbons (Fsp3) is 0.750. The smallest absolute Gasteiger partial charge is 0.349 e. The quantitative estimate of drug-likeness (QED) is 0.548. The van der Waals surface area contributed by atoms with Gasteiger partial charge < -0.3 is 4.90 Å². The molecule has 8 heteroatoms. The summed E-state index contributed by atoms with van der Waals surface area (Å²) in [5.74, 6) is -2.29. The fourth-order valence-corrected chi connectivity index (χ4v) is 1.05. The summed E-state index contributed by atoms with van der Waals surface area (Å²) in [4.78, 5) is 0.357. The van der Waals surface area contributed by atoms with Crippen LogP contribution >= 0.6 is 0 Å². The van der Waals surface area contributed by atoms with Gasteiger partial charge in [0.05, 0.1) is 0 Å². The van der Waals surface area contributed by atoms with Crippen LogP contribution in [-0.4, -0.2) is 30.3 Å². The summed E-state index contributed by atoms with van der Waals surface area (Å²) in [6.07, 6.45) is -11.5. The van der Waals surface area contributed by atoms with Crippen LogP contribution in [0.4, 0.5) is 30.7 Å². The van der Waals surface area contributed by atoms with E-state index in [-0.39, 0.29) is 13.1 Å². The summed E-state index contributed by atoms with van der Waals surface area (Å²) in [7, 11) is 0. The maximum Gasteiger partial charge on any atom is 0.425 e. The van der Waals surface area contributed by atoms with Crippen LogP contribution in [0, 0.1) is 0 Å². The van der Waals surface area contributed by atoms with Gasteiger partial charge in [0.25, 0.3) is 0 Å². The molecule has 0 aliphatic heterocycles. The summed E-state index contributed by atoms with van der Waals surface area (Å²) >= 11 is 0. The zero-order chi connectivity index (χ0) is 13.1. The summed E-state index contributed by atoms with van der Waals surface area (Å²) in [5, 5.41) is 0. The van der Waals surface area contributed by atoms with E-state index in [9.17, 15) is 30.7 Å². The van der Waals surface area contributed by atoms with E-state index in [1.807, 2.05) is 0 Å². The van der Waals surface area contributed by atoms with Gasteiger partial charge >= 0.3 is 12.4 Å². The van der Waals surface area contributed by atoms with Crippen molar-refractivity contribution in [1.82, 2.24) is 4.90 Å². The number of alkyl halides is 6. The van der Waals surface area contributed by atoms with Crippen LogP contribution in [0.25, 0.3) is 0 Å². The number of nitrogens with zero attached hydrogens (tertiary/aromatic N) is 1. The third-order valence-electron chi connectivity index (χ3n) is 1.81. The number of halogens is 7. The van der Waals surface area contributed by atoms with E-state index in [1.54, 1.807) is 0 Å². The van der Waals surface area contributed by atoms with Crippen molar-refractivity contribution in [3.63, 3.8) is 0 Å². The lowest BCUT2D eigenvalue weighted by Gasteiger charge is -2.23. The first kappa shape index (κ1) is 15.0. The highest BCUT2D eigenvalue weighted by Gasteiger charge is 2.54. The van der Waals surface area contributed by atoms with Crippen molar-refractivity contribution in [2.75, 3.05) is 13.1 Å². The number of rotatable bonds is 3. The van der Waals surface area contributed by atoms with Crippen LogP contribution in [0.15, 0.2) is 11.5 Å². The Hall–Kier alpha value is -0.950. The minimum atomic E-state index is -5.76. The van der Waals surface area contributed by atoms with Crippen molar-refractivity contribution < 1.29 is 30.7 Å². The van der Waals surface area contributed by atoms with Gasteiger partial charge in [-0.1, -0.05) is 0 Å². The van der Waals surface area contributed by atoms with Crippen molar-refractivity contribution in [1.29, 1.82) is 0 Å². The van der Waals surface area contributed by atoms with Gasteiger partial charge in [0.2, 0.25) is 5.95 Å². The fourth-order valence-electron chi connectivity index (χ4n) is 1.05. The molecule has 0 amide bonds. The van der Waals surface area contributed by atoms with Gasteiger partial charge in [0.15, 0.2) is 5.57 Å². The van der Waals surface area contributed by atoms with Crippen molar-refractivity contribution in [2.45, 2.75) is 26.2 Å². The Labute approximate surface area is 87.5 Å². The van der Waals surface area contributed by atoms with E-state index in [2.05, 4.69) is 0 Å². The second kappa shape index (κ2) is 4.92. The van der Waals surface area contributed by atoms with E-state index in [4.69, 9.17) is 0 Å². The van der Waals surface area contributed by atoms with Crippen LogP contribution < -0.4 is 0 Å². The van der Waals surface area contributed by atoms with Gasteiger partial charge in [0, 0.05) is 13.1 Å². The van der Waals surface area contributed by atoms with Crippen LogP contribution in [-0.2, 0) is 0 Å². The molecule has 0 saturated carbocycles. The first-order chi connectivity index (χ1) is 7.05. The Bertz CT molecular complexity index is 243. The van der Waals surface area contributed by atoms with Gasteiger partial charge in [-0.25, -0.2) is 0 Å². The molecule has 0 heterocycles. The Balaban J connectivity index is 5.56. The molecule has 96 valence electrons. The number of hydrogen-bond acceptors (Lipinski definition) is 1. The largest absolute Gasteiger partial charge is 0.425 e. The summed E-state index contributed by atoms with van der Waals surface area (Å²) in [6, 6.07) is 0. The molecule has 0 aliphatic rings. The molecule has 0 aromatic heterocycles. The molecule has 0 aliphatic carbocycles. The Morgan fingerprint density at radius 3 is 1.38 bits per heavy atom. The average molecular weight is 253 g/mol. The Kier molecular flexibility index (Phi) is 4.63. The molecular formula is C8H10F7N. The molecule has 0 aromatic rings. The summed E-state index contributed by atoms with van der Waals surface area (Å²) in [6.45, 7) is 1.96. The zero-order valence-electron chi connectivity index (χ0n) is 8.51. The lowest BCUT2D eigenvalue weighted by molar-refractivity contribution is -0.176. The van der Waals surface area contributed by atoms with Crippen LogP contribution in [0.2, 0.25) is 0 Å². The van der Waals surface area contributed by atoms with E-state index >= 15 is 0 Å². The molecule has 16 heavy (non-hydrogen) atoms. The molecular weight excluding hydrogens is 243 g/mol. The second-order valence-electron chi connectivity index (χ2n) is 2.83. The van der Waals surface area contributed by atoms with E-state index in [0.717, 1.165) is 0 Å². The average Bonchev–Trinajstić information content (AvgIpc) is 2.00. The standard InChI is InChI=1S/C8H10F7N/c1-3-16(4-2)6(9)5(7(10,11)12)8(13,14)15/h3-4H2,1-2H3. The molecule has 0 bridgehead atoms. The summed E-state index contributed by atoms with van der Waals surface area (Å²) < 4.78 is 85.4. The van der Waals surface area contributed by atoms with Crippen molar-refractivity contribution in [2.24, 2.45) is 0 Å². The first-order valence-corrected chi connectivity index (χ1v) is 4.34. The molecule has 1 nitrogen and oxygen atoms in total. The van der Waals surface area contributed by atoms with Gasteiger partial charge in [-0.15, -0.1) is 0 Å². The third kappa shape index (κ3) is 3.57. The monoisotopic (exact) mass is 253 g/mol. The molecule has 0 atom stereocenters. The van der Waals surface area contributed by atoms with Crippen LogP contribution in [0.5, 0.6) is 0 Å². The van der Waals surface area contributed by atoms with E-state index in [1.165, 1.54) is 13.8 Å². The van der Waals surface area contributed by atoms with Gasteiger partial charge in [-0.2, -0.15) is 30.7 Å². The highest BCUT2D eigenvalue weighted by Crippen LogP contribution is 2.41. The molecule has 0 spiro atoms. The van der Waals surface area contributed by atoms with E-state index in [0.29, 0.717) is 4.90 Å². The molecule has 0 N–H and O–H groups in total. The molecule has 0 unspecified atom stereocenters. The van der Waals surface area contributed by atoms with Crippen molar-refractivity contribution >= 4 is 0 Å². The molecule has 0 aromatic carbocycles. The lowest BCUT2D eigenvalue weighted by atomic mass is 10.2. The highest BCUT2D eigenvalue weighted by molar-refractivity contribution is 5.19. The highest BCUT2D eigenvalue weighted by atomic mass is 19.4. The van der Waals surface area contributed by atoms with Gasteiger partial charge in [0.1, 0.15) is 0 Å². The lowest BCUT2D eigenvalue weighted by Crippen LogP contribution is -2.32. The Morgan fingerprint density at radius 2 is 1.19 bits per heavy atom. The third-order valence-corrected chi connectivity index (χ3v) is 1.81. The maximum atomic E-state index is 13.1. The van der Waals surface area contributed by atoms with Crippen molar-refractivity contribution in [3.05, 3.63) is 11.5 Å². The number of hydrogen-bond donors (Lipinski definition) is 0. The van der Waals surface area contributed by atoms with Crippen LogP contribution in [0.3, 0.4) is 0 Å². The van der Waals surface area contributed by atoms with Gasteiger partial charge in [-0.3, -0.25) is 0 Å². The topological polar surface area (TPSA) is 3.24 Å². The summed E-state index contributed by atoms with van der Waals surface area (Å²) in [5.41, 5.74) is -3.09. The SMILES string of the molecule is CCN(CC)C(F)=C(C(F)(F)F)C(F)(F)F. The second-order valence-corrected chi connectivity index (χ2v) is 2.83. The van der Waals surface area contributed by atoms with E-state index < -0.39 is 23.9 Å². The Morgan fingerprint density at radius 1 is 0.875 bits per heavy atom. The number of allylic oxidation sites excluding steroid dienone is 1. The molecule has 0 rings (SSSR count). The maximum absolute atomic E-state index is 13.1. The predicted molar refractivity (Wildman–Crippen MR) is 43.2 cm³/mol. The molecule has 0 fully saturated rings. The minimum Gasteiger partial charge on any atom is -0.349 e. The van der Waals surface area contributed by atoms with Crippen LogP contribution in [0.1, 0.15) is 13.8 Å². The van der Waals surface area contributed by atoms with Gasteiger partial charge in [-0.05, 0) is 13.8 Å². The minimum absolute atomic E-state index is 0.280. The normalized spacial score (nSPS) is 12.6. The van der Waals surface area contributed by atoms with Crippen molar-refractivity contribution in [3.8, 4) is 0 Å². The molecule has 0 saturated heterocycles. The predicted octanol–water partition coefficient (Wildman–Crippen LogP) is 3.63. The zero-order valence-corrected chi connectivity index (χ0v) is 8.51.